The van der Waals surface area contributed by atoms with Crippen molar-refractivity contribution >= 4 is 45.5 Å². The van der Waals surface area contributed by atoms with Crippen molar-refractivity contribution in [1.82, 2.24) is 9.47 Å². The van der Waals surface area contributed by atoms with Crippen LogP contribution in [0, 0.1) is 6.92 Å². The van der Waals surface area contributed by atoms with Gasteiger partial charge >= 0.3 is 0 Å². The summed E-state index contributed by atoms with van der Waals surface area (Å²) in [6.45, 7) is 5.76. The van der Waals surface area contributed by atoms with Gasteiger partial charge < -0.3 is 4.57 Å². The van der Waals surface area contributed by atoms with E-state index >= 15 is 0 Å². The zero-order chi connectivity index (χ0) is 24.2. The quantitative estimate of drug-likeness (QED) is 0.259. The Balaban J connectivity index is 1.56. The Labute approximate surface area is 211 Å². The van der Waals surface area contributed by atoms with Crippen LogP contribution < -0.4 is 0 Å². The molecule has 0 atom stereocenters. The molecule has 0 bridgehead atoms. The van der Waals surface area contributed by atoms with E-state index in [-0.39, 0.29) is 5.91 Å². The van der Waals surface area contributed by atoms with Gasteiger partial charge in [-0.1, -0.05) is 80.1 Å². The van der Waals surface area contributed by atoms with Gasteiger partial charge in [-0.05, 0) is 54.9 Å². The van der Waals surface area contributed by atoms with Gasteiger partial charge in [0.25, 0.3) is 5.91 Å². The molecule has 4 aromatic rings. The molecule has 0 unspecified atom stereocenters. The first kappa shape index (κ1) is 23.2. The van der Waals surface area contributed by atoms with Crippen molar-refractivity contribution in [3.05, 3.63) is 107 Å². The van der Waals surface area contributed by atoms with Crippen molar-refractivity contribution in [3.63, 3.8) is 0 Å². The number of aromatic nitrogens is 1. The van der Waals surface area contributed by atoms with Gasteiger partial charge in [0.15, 0.2) is 5.17 Å². The first-order valence-corrected chi connectivity index (χ1v) is 12.9. The van der Waals surface area contributed by atoms with E-state index in [0.717, 1.165) is 51.8 Å². The van der Waals surface area contributed by atoms with E-state index in [9.17, 15) is 4.79 Å². The summed E-state index contributed by atoms with van der Waals surface area (Å²) in [6, 6.07) is 28.8. The Morgan fingerprint density at radius 1 is 0.914 bits per heavy atom. The molecule has 1 aliphatic heterocycles. The number of amides is 1. The van der Waals surface area contributed by atoms with Gasteiger partial charge in [0.05, 0.1) is 10.6 Å². The number of fused-ring (bicyclic) bond motifs is 1. The molecule has 5 heteroatoms. The topological polar surface area (TPSA) is 37.6 Å². The molecular formula is C30H29N3OS. The number of benzene rings is 3. The number of para-hydroxylation sites is 2. The number of unbranched alkanes of at least 4 members (excludes halogenated alkanes) is 1. The van der Waals surface area contributed by atoms with E-state index in [1.807, 2.05) is 41.3 Å². The number of carbonyl (C=O) groups excluding carboxylic acids is 1. The van der Waals surface area contributed by atoms with E-state index in [1.165, 1.54) is 22.8 Å². The average molecular weight is 480 g/mol. The summed E-state index contributed by atoms with van der Waals surface area (Å²) in [6.07, 6.45) is 4.04. The molecule has 35 heavy (non-hydrogen) atoms. The van der Waals surface area contributed by atoms with Crippen LogP contribution in [0.5, 0.6) is 0 Å². The van der Waals surface area contributed by atoms with E-state index < -0.39 is 0 Å². The third-order valence-corrected chi connectivity index (χ3v) is 7.35. The van der Waals surface area contributed by atoms with Crippen LogP contribution in [0.4, 0.5) is 5.69 Å². The smallest absolute Gasteiger partial charge is 0.266 e. The molecule has 1 aliphatic rings. The standard InChI is InChI=1S/C30H29N3OS/c1-3-4-19-32-29(34)28(35-30(32)31-24-15-9-6-10-16-24)20-26-22(2)33(21-23-13-7-5-8-14-23)27-18-12-11-17-25(26)27/h5-18,20H,3-4,19,21H2,1-2H3/b28-20-,31-30?. The van der Waals surface area contributed by atoms with Gasteiger partial charge in [-0.2, -0.15) is 0 Å². The fourth-order valence-corrected chi connectivity index (χ4v) is 5.46. The normalized spacial score (nSPS) is 16.2. The van der Waals surface area contributed by atoms with Crippen LogP contribution in [-0.2, 0) is 11.3 Å². The van der Waals surface area contributed by atoms with Crippen LogP contribution in [0.2, 0.25) is 0 Å². The van der Waals surface area contributed by atoms with Crippen LogP contribution in [0.1, 0.15) is 36.6 Å². The number of aliphatic imine (C=N–C) groups is 1. The van der Waals surface area contributed by atoms with Crippen molar-refractivity contribution in [2.24, 2.45) is 4.99 Å². The molecule has 0 radical (unpaired) electrons. The highest BCUT2D eigenvalue weighted by Crippen LogP contribution is 2.37. The van der Waals surface area contributed by atoms with Crippen molar-refractivity contribution in [2.45, 2.75) is 33.2 Å². The Hall–Kier alpha value is -3.57. The molecule has 1 fully saturated rings. The lowest BCUT2D eigenvalue weighted by molar-refractivity contribution is -0.122. The first-order valence-electron chi connectivity index (χ1n) is 12.1. The van der Waals surface area contributed by atoms with Gasteiger partial charge in [0.1, 0.15) is 0 Å². The molecule has 4 nitrogen and oxygen atoms in total. The summed E-state index contributed by atoms with van der Waals surface area (Å²) < 4.78 is 2.34. The molecule has 0 N–H and O–H groups in total. The predicted octanol–water partition coefficient (Wildman–Crippen LogP) is 7.40. The number of carbonyl (C=O) groups is 1. The van der Waals surface area contributed by atoms with Crippen LogP contribution >= 0.6 is 11.8 Å². The minimum absolute atomic E-state index is 0.0393. The zero-order valence-electron chi connectivity index (χ0n) is 20.1. The number of nitrogens with zero attached hydrogens (tertiary/aromatic N) is 3. The molecule has 3 aromatic carbocycles. The molecule has 0 spiro atoms. The highest BCUT2D eigenvalue weighted by atomic mass is 32.2. The second-order valence-electron chi connectivity index (χ2n) is 8.74. The summed E-state index contributed by atoms with van der Waals surface area (Å²) in [5.41, 5.74) is 5.55. The molecular weight excluding hydrogens is 450 g/mol. The largest absolute Gasteiger partial charge is 0.340 e. The van der Waals surface area contributed by atoms with Gasteiger partial charge in [0.2, 0.25) is 0 Å². The number of rotatable bonds is 7. The van der Waals surface area contributed by atoms with E-state index in [0.29, 0.717) is 6.54 Å². The second kappa shape index (κ2) is 10.4. The maximum Gasteiger partial charge on any atom is 0.266 e. The van der Waals surface area contributed by atoms with E-state index in [2.05, 4.69) is 73.0 Å². The van der Waals surface area contributed by atoms with Crippen LogP contribution in [0.15, 0.2) is 94.8 Å². The molecule has 0 aliphatic carbocycles. The average Bonchev–Trinajstić information content (AvgIpc) is 3.32. The van der Waals surface area contributed by atoms with Gasteiger partial charge in [-0.25, -0.2) is 4.99 Å². The minimum atomic E-state index is 0.0393. The lowest BCUT2D eigenvalue weighted by atomic mass is 10.1. The predicted molar refractivity (Wildman–Crippen MR) is 148 cm³/mol. The van der Waals surface area contributed by atoms with Gasteiger partial charge in [-0.3, -0.25) is 9.69 Å². The Kier molecular flexibility index (Phi) is 6.87. The molecule has 5 rings (SSSR count). The fraction of sp³-hybridized carbons (Fsp3) is 0.200. The van der Waals surface area contributed by atoms with Crippen molar-refractivity contribution in [2.75, 3.05) is 6.54 Å². The zero-order valence-corrected chi connectivity index (χ0v) is 21.0. The maximum absolute atomic E-state index is 13.5. The fourth-order valence-electron chi connectivity index (χ4n) is 4.46. The summed E-state index contributed by atoms with van der Waals surface area (Å²) in [5.74, 6) is 0.0393. The molecule has 1 aromatic heterocycles. The number of hydrogen-bond acceptors (Lipinski definition) is 3. The Morgan fingerprint density at radius 3 is 2.34 bits per heavy atom. The third-order valence-electron chi connectivity index (χ3n) is 6.34. The molecule has 0 saturated carbocycles. The Bertz CT molecular complexity index is 1400. The van der Waals surface area contributed by atoms with Crippen LogP contribution in [0.3, 0.4) is 0 Å². The number of amidine groups is 1. The molecule has 176 valence electrons. The highest BCUT2D eigenvalue weighted by Gasteiger charge is 2.33. The van der Waals surface area contributed by atoms with Crippen molar-refractivity contribution < 1.29 is 4.79 Å². The van der Waals surface area contributed by atoms with Crippen LogP contribution in [-0.4, -0.2) is 27.1 Å². The van der Waals surface area contributed by atoms with Crippen molar-refractivity contribution in [1.29, 1.82) is 0 Å². The van der Waals surface area contributed by atoms with Crippen molar-refractivity contribution in [3.8, 4) is 0 Å². The lowest BCUT2D eigenvalue weighted by Crippen LogP contribution is -2.30. The SMILES string of the molecule is CCCCN1C(=O)/C(=C/c2c(C)n(Cc3ccccc3)c3ccccc23)SC1=Nc1ccccc1. The molecule has 2 heterocycles. The third kappa shape index (κ3) is 4.82. The molecule has 1 amide bonds. The van der Waals surface area contributed by atoms with Crippen LogP contribution in [0.25, 0.3) is 17.0 Å². The summed E-state index contributed by atoms with van der Waals surface area (Å²) >= 11 is 1.48. The number of thioether (sulfide) groups is 1. The molecule has 1 saturated heterocycles. The van der Waals surface area contributed by atoms with E-state index in [1.54, 1.807) is 0 Å². The van der Waals surface area contributed by atoms with Gasteiger partial charge in [-0.15, -0.1) is 0 Å². The second-order valence-corrected chi connectivity index (χ2v) is 9.75. The van der Waals surface area contributed by atoms with E-state index in [4.69, 9.17) is 4.99 Å². The number of hydrogen-bond donors (Lipinski definition) is 0. The minimum Gasteiger partial charge on any atom is -0.340 e. The Morgan fingerprint density at radius 2 is 1.60 bits per heavy atom. The summed E-state index contributed by atoms with van der Waals surface area (Å²) in [5, 5.41) is 1.92. The highest BCUT2D eigenvalue weighted by molar-refractivity contribution is 8.18. The maximum atomic E-state index is 13.5. The van der Waals surface area contributed by atoms with Gasteiger partial charge in [0, 0.05) is 35.2 Å². The summed E-state index contributed by atoms with van der Waals surface area (Å²) in [4.78, 5) is 20.9. The lowest BCUT2D eigenvalue weighted by Gasteiger charge is -2.14. The summed E-state index contributed by atoms with van der Waals surface area (Å²) in [7, 11) is 0. The first-order chi connectivity index (χ1) is 17.2. The monoisotopic (exact) mass is 479 g/mol.